The van der Waals surface area contributed by atoms with Crippen LogP contribution in [-0.2, 0) is 10.0 Å². The molecular formula is C13H13F2N3O2S. The van der Waals surface area contributed by atoms with Crippen molar-refractivity contribution in [2.75, 3.05) is 16.6 Å². The van der Waals surface area contributed by atoms with E-state index >= 15 is 0 Å². The van der Waals surface area contributed by atoms with Crippen molar-refractivity contribution in [2.45, 2.75) is 11.8 Å². The van der Waals surface area contributed by atoms with Crippen LogP contribution in [0.25, 0.3) is 0 Å². The van der Waals surface area contributed by atoms with E-state index in [1.165, 1.54) is 24.5 Å². The van der Waals surface area contributed by atoms with Crippen LogP contribution >= 0.6 is 0 Å². The maximum absolute atomic E-state index is 13.9. The fourth-order valence-electron chi connectivity index (χ4n) is 1.94. The molecule has 0 saturated heterocycles. The van der Waals surface area contributed by atoms with E-state index in [1.807, 2.05) is 0 Å². The molecule has 0 radical (unpaired) electrons. The Hall–Kier alpha value is -2.22. The second-order valence-electron chi connectivity index (χ2n) is 4.19. The Morgan fingerprint density at radius 3 is 2.19 bits per heavy atom. The number of aromatic nitrogens is 1. The summed E-state index contributed by atoms with van der Waals surface area (Å²) in [6.45, 7) is 1.57. The van der Waals surface area contributed by atoms with Crippen molar-refractivity contribution in [3.05, 3.63) is 48.3 Å². The molecule has 2 N–H and O–H groups in total. The molecule has 1 aromatic heterocycles. The van der Waals surface area contributed by atoms with Gasteiger partial charge in [0.1, 0.15) is 11.6 Å². The first kappa shape index (κ1) is 15.2. The molecule has 0 spiro atoms. The Morgan fingerprint density at radius 2 is 1.71 bits per heavy atom. The number of pyridine rings is 1. The van der Waals surface area contributed by atoms with Crippen molar-refractivity contribution in [2.24, 2.45) is 0 Å². The number of nitrogens with two attached hydrogens (primary N) is 1. The zero-order valence-corrected chi connectivity index (χ0v) is 11.9. The summed E-state index contributed by atoms with van der Waals surface area (Å²) in [7, 11) is -4.38. The monoisotopic (exact) mass is 313 g/mol. The lowest BCUT2D eigenvalue weighted by Gasteiger charge is -2.23. The van der Waals surface area contributed by atoms with E-state index in [0.717, 1.165) is 16.4 Å². The highest BCUT2D eigenvalue weighted by atomic mass is 32.2. The van der Waals surface area contributed by atoms with Crippen LogP contribution in [0.5, 0.6) is 0 Å². The summed E-state index contributed by atoms with van der Waals surface area (Å²) >= 11 is 0. The van der Waals surface area contributed by atoms with E-state index < -0.39 is 26.6 Å². The Kier molecular flexibility index (Phi) is 4.08. The largest absolute Gasteiger partial charge is 0.399 e. The van der Waals surface area contributed by atoms with Crippen LogP contribution in [0.15, 0.2) is 41.6 Å². The van der Waals surface area contributed by atoms with E-state index in [2.05, 4.69) is 4.98 Å². The summed E-state index contributed by atoms with van der Waals surface area (Å²) in [5, 5.41) is 0. The van der Waals surface area contributed by atoms with Gasteiger partial charge < -0.3 is 5.73 Å². The Labute approximate surface area is 121 Å². The van der Waals surface area contributed by atoms with E-state index in [1.54, 1.807) is 6.92 Å². The summed E-state index contributed by atoms with van der Waals surface area (Å²) in [5.41, 5.74) is 5.38. The maximum atomic E-state index is 13.9. The molecule has 8 heteroatoms. The molecule has 21 heavy (non-hydrogen) atoms. The lowest BCUT2D eigenvalue weighted by atomic mass is 10.3. The number of benzene rings is 1. The van der Waals surface area contributed by atoms with Gasteiger partial charge in [-0.2, -0.15) is 0 Å². The van der Waals surface area contributed by atoms with E-state index in [-0.39, 0.29) is 17.9 Å². The van der Waals surface area contributed by atoms with Crippen molar-refractivity contribution in [1.29, 1.82) is 0 Å². The van der Waals surface area contributed by atoms with Gasteiger partial charge in [0, 0.05) is 24.6 Å². The molecule has 0 fully saturated rings. The zero-order chi connectivity index (χ0) is 15.6. The van der Waals surface area contributed by atoms with Gasteiger partial charge in [0.15, 0.2) is 4.90 Å². The van der Waals surface area contributed by atoms with Crippen LogP contribution < -0.4 is 10.0 Å². The number of rotatable bonds is 4. The third kappa shape index (κ3) is 2.80. The van der Waals surface area contributed by atoms with Gasteiger partial charge in [-0.25, -0.2) is 17.2 Å². The highest BCUT2D eigenvalue weighted by molar-refractivity contribution is 7.92. The van der Waals surface area contributed by atoms with E-state index in [9.17, 15) is 17.2 Å². The summed E-state index contributed by atoms with van der Waals surface area (Å²) in [5.74, 6) is -2.44. The molecule has 0 bridgehead atoms. The second kappa shape index (κ2) is 5.65. The van der Waals surface area contributed by atoms with E-state index in [0.29, 0.717) is 0 Å². The van der Waals surface area contributed by atoms with Gasteiger partial charge in [0.2, 0.25) is 0 Å². The molecule has 2 rings (SSSR count). The molecule has 2 aromatic rings. The van der Waals surface area contributed by atoms with Crippen LogP contribution in [0.3, 0.4) is 0 Å². The SMILES string of the molecule is CCN(c1ccncc1)S(=O)(=O)c1c(F)cc(N)cc1F. The number of hydrogen-bond acceptors (Lipinski definition) is 4. The predicted molar refractivity (Wildman–Crippen MR) is 75.2 cm³/mol. The van der Waals surface area contributed by atoms with Crippen molar-refractivity contribution < 1.29 is 17.2 Å². The average molecular weight is 313 g/mol. The van der Waals surface area contributed by atoms with Gasteiger partial charge in [-0.1, -0.05) is 0 Å². The minimum Gasteiger partial charge on any atom is -0.399 e. The first-order valence-corrected chi connectivity index (χ1v) is 7.49. The minimum absolute atomic E-state index is 0.00953. The molecule has 0 amide bonds. The molecule has 0 unspecified atom stereocenters. The number of sulfonamides is 1. The number of nitrogen functional groups attached to an aromatic ring is 1. The van der Waals surface area contributed by atoms with Gasteiger partial charge in [0.05, 0.1) is 5.69 Å². The summed E-state index contributed by atoms with van der Waals surface area (Å²) in [6.07, 6.45) is 2.78. The van der Waals surface area contributed by atoms with Gasteiger partial charge in [-0.3, -0.25) is 9.29 Å². The highest BCUT2D eigenvalue weighted by Gasteiger charge is 2.30. The van der Waals surface area contributed by atoms with E-state index in [4.69, 9.17) is 5.73 Å². The fraction of sp³-hybridized carbons (Fsp3) is 0.154. The van der Waals surface area contributed by atoms with Crippen LogP contribution in [0.2, 0.25) is 0 Å². The molecule has 0 aliphatic heterocycles. The zero-order valence-electron chi connectivity index (χ0n) is 11.1. The van der Waals surface area contributed by atoms with Crippen molar-refractivity contribution in [3.8, 4) is 0 Å². The van der Waals surface area contributed by atoms with Crippen LogP contribution in [-0.4, -0.2) is 19.9 Å². The normalized spacial score (nSPS) is 11.4. The molecule has 0 aliphatic carbocycles. The molecule has 1 aromatic carbocycles. The second-order valence-corrected chi connectivity index (χ2v) is 5.99. The molecule has 1 heterocycles. The quantitative estimate of drug-likeness (QED) is 0.878. The molecule has 5 nitrogen and oxygen atoms in total. The first-order chi connectivity index (χ1) is 9.87. The van der Waals surface area contributed by atoms with Gasteiger partial charge in [-0.15, -0.1) is 0 Å². The third-order valence-electron chi connectivity index (χ3n) is 2.81. The predicted octanol–water partition coefficient (Wildman–Crippen LogP) is 2.16. The van der Waals surface area contributed by atoms with Crippen molar-refractivity contribution in [3.63, 3.8) is 0 Å². The topological polar surface area (TPSA) is 76.3 Å². The first-order valence-electron chi connectivity index (χ1n) is 6.05. The molecule has 0 aliphatic rings. The molecular weight excluding hydrogens is 300 g/mol. The molecule has 112 valence electrons. The smallest absolute Gasteiger partial charge is 0.270 e. The maximum Gasteiger partial charge on any atom is 0.270 e. The number of halogens is 2. The summed E-state index contributed by atoms with van der Waals surface area (Å²) in [6, 6.07) is 4.43. The Morgan fingerprint density at radius 1 is 1.19 bits per heavy atom. The third-order valence-corrected chi connectivity index (χ3v) is 4.76. The standard InChI is InChI=1S/C13H13F2N3O2S/c1-2-18(10-3-5-17-6-4-10)21(19,20)13-11(14)7-9(16)8-12(13)15/h3-8H,2,16H2,1H3. The van der Waals surface area contributed by atoms with Crippen molar-refractivity contribution in [1.82, 2.24) is 4.98 Å². The Bertz CT molecular complexity index is 728. The average Bonchev–Trinajstić information content (AvgIpc) is 2.38. The van der Waals surface area contributed by atoms with Crippen LogP contribution in [0.1, 0.15) is 6.92 Å². The fourth-order valence-corrected chi connectivity index (χ4v) is 3.51. The van der Waals surface area contributed by atoms with Crippen LogP contribution in [0, 0.1) is 11.6 Å². The van der Waals surface area contributed by atoms with Crippen molar-refractivity contribution >= 4 is 21.4 Å². The minimum atomic E-state index is -4.38. The lowest BCUT2D eigenvalue weighted by molar-refractivity contribution is 0.519. The summed E-state index contributed by atoms with van der Waals surface area (Å²) < 4.78 is 53.7. The van der Waals surface area contributed by atoms with Gasteiger partial charge >= 0.3 is 0 Å². The van der Waals surface area contributed by atoms with Crippen LogP contribution in [0.4, 0.5) is 20.2 Å². The number of anilines is 2. The molecule has 0 atom stereocenters. The van der Waals surface area contributed by atoms with Gasteiger partial charge in [-0.05, 0) is 31.2 Å². The number of hydrogen-bond donors (Lipinski definition) is 1. The lowest BCUT2D eigenvalue weighted by Crippen LogP contribution is -2.32. The molecule has 0 saturated carbocycles. The van der Waals surface area contributed by atoms with Gasteiger partial charge in [0.25, 0.3) is 10.0 Å². The Balaban J connectivity index is 2.61. The summed E-state index contributed by atoms with van der Waals surface area (Å²) in [4.78, 5) is 2.76. The number of nitrogens with zero attached hydrogens (tertiary/aromatic N) is 2. The highest BCUT2D eigenvalue weighted by Crippen LogP contribution is 2.28.